The summed E-state index contributed by atoms with van der Waals surface area (Å²) < 4.78 is 12.1. The van der Waals surface area contributed by atoms with Crippen LogP contribution in [-0.4, -0.2) is 80.9 Å². The fourth-order valence-electron chi connectivity index (χ4n) is 5.30. The number of fused-ring (bicyclic) bond motifs is 1. The van der Waals surface area contributed by atoms with E-state index in [1.165, 1.54) is 7.11 Å². The van der Waals surface area contributed by atoms with E-state index < -0.39 is 5.97 Å². The van der Waals surface area contributed by atoms with E-state index >= 15 is 0 Å². The molecule has 2 aromatic heterocycles. The normalized spacial score (nSPS) is 15.1. The van der Waals surface area contributed by atoms with E-state index in [1.807, 2.05) is 29.2 Å². The first kappa shape index (κ1) is 31.0. The second-order valence-corrected chi connectivity index (χ2v) is 10.7. The molecule has 4 rings (SSSR count). The first-order valence-electron chi connectivity index (χ1n) is 14.5. The van der Waals surface area contributed by atoms with Gasteiger partial charge in [-0.1, -0.05) is 37.6 Å². The van der Waals surface area contributed by atoms with Crippen LogP contribution < -0.4 is 21.5 Å². The van der Waals surface area contributed by atoms with Crippen molar-refractivity contribution in [2.75, 3.05) is 39.1 Å². The molecule has 0 aliphatic carbocycles. The Balaban J connectivity index is 1.49. The van der Waals surface area contributed by atoms with E-state index in [9.17, 15) is 14.4 Å². The number of H-pyrrole nitrogens is 1. The summed E-state index contributed by atoms with van der Waals surface area (Å²) in [5.74, 6) is -0.958. The Morgan fingerprint density at radius 2 is 2.02 bits per heavy atom. The number of carboxylic acid groups (broad SMARTS) is 1. The molecule has 1 aliphatic heterocycles. The van der Waals surface area contributed by atoms with E-state index in [0.717, 1.165) is 36.8 Å². The number of unbranched alkanes of at least 4 members (excludes halogenated alkanes) is 1. The lowest BCUT2D eigenvalue weighted by Crippen LogP contribution is -2.45. The lowest BCUT2D eigenvalue weighted by molar-refractivity contribution is -0.140. The third kappa shape index (κ3) is 8.29. The van der Waals surface area contributed by atoms with Crippen molar-refractivity contribution in [2.24, 2.45) is 0 Å². The van der Waals surface area contributed by atoms with Gasteiger partial charge in [0.1, 0.15) is 5.52 Å². The van der Waals surface area contributed by atoms with Gasteiger partial charge in [-0.25, -0.2) is 4.79 Å². The van der Waals surface area contributed by atoms with Gasteiger partial charge in [0, 0.05) is 31.7 Å². The number of nitrogens with one attached hydrogen (secondary N) is 2. The van der Waals surface area contributed by atoms with Crippen LogP contribution in [0.2, 0.25) is 0 Å². The van der Waals surface area contributed by atoms with Gasteiger partial charge in [-0.05, 0) is 43.2 Å². The van der Waals surface area contributed by atoms with Crippen LogP contribution in [0.15, 0.2) is 29.1 Å². The summed E-state index contributed by atoms with van der Waals surface area (Å²) in [4.78, 5) is 49.2. The Kier molecular flexibility index (Phi) is 10.9. The number of likely N-dealkylation sites (tertiary alicyclic amines) is 1. The number of aromatic amines is 1. The number of piperidine rings is 1. The molecule has 42 heavy (non-hydrogen) atoms. The molecule has 0 amide bonds. The van der Waals surface area contributed by atoms with Crippen LogP contribution in [0.3, 0.4) is 0 Å². The molecule has 3 aromatic rings. The Hall–Kier alpha value is -3.97. The van der Waals surface area contributed by atoms with Gasteiger partial charge in [0.05, 0.1) is 26.7 Å². The number of nitrogens with zero attached hydrogens (tertiary/aromatic N) is 4. The fraction of sp³-hybridized carbons (Fsp3) is 0.552. The number of anilines is 1. The number of carboxylic acids is 1. The van der Waals surface area contributed by atoms with Crippen LogP contribution >= 0.6 is 0 Å². The Morgan fingerprint density at radius 3 is 2.74 bits per heavy atom. The molecule has 13 heteroatoms. The topological polar surface area (TPSA) is 178 Å². The van der Waals surface area contributed by atoms with Gasteiger partial charge in [-0.2, -0.15) is 9.97 Å². The van der Waals surface area contributed by atoms with Gasteiger partial charge in [0.25, 0.3) is 0 Å². The van der Waals surface area contributed by atoms with Crippen molar-refractivity contribution in [3.05, 3.63) is 45.9 Å². The second kappa shape index (κ2) is 14.8. The number of aliphatic carboxylic acids is 1. The molecule has 1 saturated heterocycles. The van der Waals surface area contributed by atoms with Gasteiger partial charge in [0.15, 0.2) is 11.5 Å². The summed E-state index contributed by atoms with van der Waals surface area (Å²) in [6.07, 6.45) is 5.01. The molecule has 0 bridgehead atoms. The number of benzene rings is 1. The van der Waals surface area contributed by atoms with Crippen LogP contribution in [0, 0.1) is 0 Å². The van der Waals surface area contributed by atoms with Crippen LogP contribution in [0.4, 0.5) is 5.82 Å². The van der Waals surface area contributed by atoms with Crippen molar-refractivity contribution in [3.63, 3.8) is 0 Å². The van der Waals surface area contributed by atoms with Gasteiger partial charge in [-0.15, -0.1) is 0 Å². The number of carbonyl (C=O) groups is 2. The minimum absolute atomic E-state index is 0.0462. The number of hydrogen-bond acceptors (Lipinski definition) is 10. The number of imidazole rings is 1. The van der Waals surface area contributed by atoms with Crippen molar-refractivity contribution in [1.29, 1.82) is 0 Å². The molecule has 5 N–H and O–H groups in total. The molecule has 1 aliphatic rings. The third-order valence-corrected chi connectivity index (χ3v) is 7.55. The zero-order valence-electron chi connectivity index (χ0n) is 24.3. The summed E-state index contributed by atoms with van der Waals surface area (Å²) in [7, 11) is 1.37. The number of rotatable bonds is 15. The molecular weight excluding hydrogens is 542 g/mol. The highest BCUT2D eigenvalue weighted by molar-refractivity contribution is 5.81. The minimum Gasteiger partial charge on any atom is -0.480 e. The number of aryl methyl sites for hydroxylation is 1. The standard InChI is InChI=1S/C29H41N7O6/c1-3-4-15-42-28-33-26(30)25-27(34-28)36(29(40)32-25)12-6-9-22(20-8-5-7-19(16-20)17-24(39)41-2)31-21-10-13-35(14-11-21)18-23(37)38/h5,7-8,16,21-22,31H,3-4,6,9-15,17-18H2,1-2H3,(H,32,40)(H,37,38)(H2,30,33,34). The van der Waals surface area contributed by atoms with Crippen molar-refractivity contribution < 1.29 is 24.2 Å². The average Bonchev–Trinajstić information content (AvgIpc) is 3.28. The number of ether oxygens (including phenoxy) is 2. The van der Waals surface area contributed by atoms with Gasteiger partial charge in [0.2, 0.25) is 0 Å². The van der Waals surface area contributed by atoms with Gasteiger partial charge in [-0.3, -0.25) is 19.1 Å². The maximum atomic E-state index is 12.8. The van der Waals surface area contributed by atoms with Gasteiger partial charge < -0.3 is 30.6 Å². The highest BCUT2D eigenvalue weighted by atomic mass is 16.5. The highest BCUT2D eigenvalue weighted by Gasteiger charge is 2.24. The molecule has 1 atom stereocenters. The van der Waals surface area contributed by atoms with Crippen molar-refractivity contribution in [3.8, 4) is 6.01 Å². The number of nitrogen functional groups attached to an aromatic ring is 1. The highest BCUT2D eigenvalue weighted by Crippen LogP contribution is 2.25. The van der Waals surface area contributed by atoms with Crippen molar-refractivity contribution in [1.82, 2.24) is 29.7 Å². The van der Waals surface area contributed by atoms with Crippen LogP contribution in [-0.2, 0) is 27.3 Å². The van der Waals surface area contributed by atoms with Crippen LogP contribution in [0.25, 0.3) is 11.2 Å². The molecule has 1 fully saturated rings. The minimum atomic E-state index is -0.819. The first-order valence-corrected chi connectivity index (χ1v) is 14.5. The third-order valence-electron chi connectivity index (χ3n) is 7.55. The van der Waals surface area contributed by atoms with E-state index in [-0.39, 0.29) is 48.5 Å². The molecule has 1 unspecified atom stereocenters. The maximum Gasteiger partial charge on any atom is 0.327 e. The van der Waals surface area contributed by atoms with E-state index in [4.69, 9.17) is 20.3 Å². The molecule has 0 spiro atoms. The largest absolute Gasteiger partial charge is 0.480 e. The summed E-state index contributed by atoms with van der Waals surface area (Å²) >= 11 is 0. The average molecular weight is 584 g/mol. The molecule has 0 radical (unpaired) electrons. The Bertz CT molecular complexity index is 1410. The lowest BCUT2D eigenvalue weighted by atomic mass is 9.96. The van der Waals surface area contributed by atoms with Gasteiger partial charge >= 0.3 is 23.6 Å². The zero-order valence-corrected chi connectivity index (χ0v) is 24.3. The van der Waals surface area contributed by atoms with Crippen LogP contribution in [0.5, 0.6) is 6.01 Å². The zero-order chi connectivity index (χ0) is 30.1. The molecule has 0 saturated carbocycles. The summed E-state index contributed by atoms with van der Waals surface area (Å²) in [5.41, 5.74) is 8.49. The summed E-state index contributed by atoms with van der Waals surface area (Å²) in [6.45, 7) is 4.38. The number of aromatic nitrogens is 4. The number of carbonyl (C=O) groups excluding carboxylic acids is 1. The number of esters is 1. The van der Waals surface area contributed by atoms with Crippen molar-refractivity contribution in [2.45, 2.75) is 70.5 Å². The number of methoxy groups -OCH3 is 1. The van der Waals surface area contributed by atoms with E-state index in [1.54, 1.807) is 4.57 Å². The molecule has 1 aromatic carbocycles. The predicted molar refractivity (Wildman–Crippen MR) is 157 cm³/mol. The Morgan fingerprint density at radius 1 is 1.24 bits per heavy atom. The number of hydrogen-bond donors (Lipinski definition) is 4. The van der Waals surface area contributed by atoms with E-state index in [2.05, 4.69) is 27.2 Å². The molecule has 228 valence electrons. The first-order chi connectivity index (χ1) is 20.3. The smallest absolute Gasteiger partial charge is 0.327 e. The van der Waals surface area contributed by atoms with Crippen molar-refractivity contribution >= 4 is 28.9 Å². The molecule has 3 heterocycles. The fourth-order valence-corrected chi connectivity index (χ4v) is 5.30. The maximum absolute atomic E-state index is 12.8. The number of nitrogens with two attached hydrogens (primary N) is 1. The lowest BCUT2D eigenvalue weighted by Gasteiger charge is -2.34. The monoisotopic (exact) mass is 583 g/mol. The second-order valence-electron chi connectivity index (χ2n) is 10.7. The molecule has 13 nitrogen and oxygen atoms in total. The molecular formula is C29H41N7O6. The predicted octanol–water partition coefficient (Wildman–Crippen LogP) is 2.26. The van der Waals surface area contributed by atoms with E-state index in [0.29, 0.717) is 50.2 Å². The SMILES string of the molecule is CCCCOc1nc(N)c2[nH]c(=O)n(CCCC(NC3CCN(CC(=O)O)CC3)c3cccc(CC(=O)OC)c3)c2n1. The summed E-state index contributed by atoms with van der Waals surface area (Å²) in [6, 6.07) is 8.18. The summed E-state index contributed by atoms with van der Waals surface area (Å²) in [5, 5.41) is 12.9. The Labute approximate surface area is 244 Å². The quantitative estimate of drug-likeness (QED) is 0.152. The van der Waals surface area contributed by atoms with Crippen LogP contribution in [0.1, 0.15) is 62.6 Å².